The van der Waals surface area contributed by atoms with Crippen LogP contribution in [-0.2, 0) is 4.79 Å². The molecule has 0 bridgehead atoms. The number of urea groups is 1. The number of benzene rings is 3. The van der Waals surface area contributed by atoms with E-state index in [1.807, 2.05) is 91.9 Å². The quantitative estimate of drug-likeness (QED) is 0.411. The van der Waals surface area contributed by atoms with Crippen molar-refractivity contribution in [2.45, 2.75) is 24.3 Å². The van der Waals surface area contributed by atoms with Gasteiger partial charge in [0, 0.05) is 28.4 Å². The smallest absolute Gasteiger partial charge is 0.323 e. The molecule has 0 aromatic heterocycles. The number of para-hydroxylation sites is 1. The number of carbonyl (C=O) groups is 2. The normalized spacial score (nSPS) is 11.4. The third-order valence-electron chi connectivity index (χ3n) is 4.42. The van der Waals surface area contributed by atoms with Gasteiger partial charge in [0.1, 0.15) is 0 Å². The minimum absolute atomic E-state index is 0.0235. The molecule has 3 rings (SSSR count). The third-order valence-corrected chi connectivity index (χ3v) is 5.43. The summed E-state index contributed by atoms with van der Waals surface area (Å²) in [5.41, 5.74) is 2.39. The van der Waals surface area contributed by atoms with Crippen molar-refractivity contribution in [2.75, 3.05) is 16.4 Å². The summed E-state index contributed by atoms with van der Waals surface area (Å²) in [6.07, 6.45) is 0.462. The van der Waals surface area contributed by atoms with Gasteiger partial charge < -0.3 is 16.0 Å². The van der Waals surface area contributed by atoms with Crippen LogP contribution in [-0.4, -0.2) is 17.7 Å². The Morgan fingerprint density at radius 1 is 0.800 bits per heavy atom. The van der Waals surface area contributed by atoms with Gasteiger partial charge in [-0.25, -0.2) is 4.79 Å². The van der Waals surface area contributed by atoms with Crippen LogP contribution >= 0.6 is 11.8 Å². The van der Waals surface area contributed by atoms with Crippen LogP contribution in [0.3, 0.4) is 0 Å². The number of hydrogen-bond donors (Lipinski definition) is 3. The number of hydrogen-bond acceptors (Lipinski definition) is 3. The van der Waals surface area contributed by atoms with Crippen LogP contribution in [0.4, 0.5) is 16.2 Å². The highest BCUT2D eigenvalue weighted by molar-refractivity contribution is 7.99. The van der Waals surface area contributed by atoms with E-state index >= 15 is 0 Å². The van der Waals surface area contributed by atoms with Crippen LogP contribution in [0.25, 0.3) is 0 Å². The highest BCUT2D eigenvalue weighted by atomic mass is 32.2. The molecule has 3 amide bonds. The molecule has 0 heterocycles. The van der Waals surface area contributed by atoms with Gasteiger partial charge >= 0.3 is 6.03 Å². The fraction of sp³-hybridized carbons (Fsp3) is 0.167. The average Bonchev–Trinajstić information content (AvgIpc) is 2.75. The third kappa shape index (κ3) is 6.97. The van der Waals surface area contributed by atoms with Crippen LogP contribution in [0.2, 0.25) is 0 Å². The van der Waals surface area contributed by atoms with Crippen LogP contribution in [0, 0.1) is 0 Å². The number of nitrogens with one attached hydrogen (secondary N) is 3. The molecule has 3 aromatic carbocycles. The number of amides is 3. The topological polar surface area (TPSA) is 70.2 Å². The fourth-order valence-corrected chi connectivity index (χ4v) is 3.72. The number of anilines is 2. The molecule has 1 atom stereocenters. The van der Waals surface area contributed by atoms with Gasteiger partial charge in [0.2, 0.25) is 5.91 Å². The Morgan fingerprint density at radius 2 is 1.37 bits per heavy atom. The Labute approximate surface area is 181 Å². The van der Waals surface area contributed by atoms with Gasteiger partial charge in [-0.15, -0.1) is 11.8 Å². The Morgan fingerprint density at radius 3 is 2.00 bits per heavy atom. The molecule has 154 valence electrons. The highest BCUT2D eigenvalue weighted by Gasteiger charge is 2.10. The van der Waals surface area contributed by atoms with Crippen LogP contribution in [0.5, 0.6) is 0 Å². The van der Waals surface area contributed by atoms with E-state index in [1.54, 1.807) is 11.8 Å². The molecule has 3 aromatic rings. The second-order valence-electron chi connectivity index (χ2n) is 6.77. The lowest BCUT2D eigenvalue weighted by Crippen LogP contribution is -2.26. The van der Waals surface area contributed by atoms with E-state index in [-0.39, 0.29) is 18.0 Å². The Balaban J connectivity index is 1.43. The van der Waals surface area contributed by atoms with Gasteiger partial charge in [-0.1, -0.05) is 48.5 Å². The molecule has 6 heteroatoms. The molecule has 0 spiro atoms. The van der Waals surface area contributed by atoms with Crippen molar-refractivity contribution >= 4 is 35.1 Å². The van der Waals surface area contributed by atoms with Gasteiger partial charge in [0.15, 0.2) is 0 Å². The molecule has 3 N–H and O–H groups in total. The fourth-order valence-electron chi connectivity index (χ4n) is 2.85. The van der Waals surface area contributed by atoms with Crippen LogP contribution in [0.15, 0.2) is 89.8 Å². The first kappa shape index (κ1) is 21.5. The average molecular weight is 420 g/mol. The lowest BCUT2D eigenvalue weighted by atomic mass is 10.1. The van der Waals surface area contributed by atoms with E-state index in [1.165, 1.54) is 0 Å². The molecule has 0 saturated carbocycles. The first-order valence-electron chi connectivity index (χ1n) is 9.80. The zero-order chi connectivity index (χ0) is 21.2. The summed E-state index contributed by atoms with van der Waals surface area (Å²) in [7, 11) is 0. The predicted molar refractivity (Wildman–Crippen MR) is 124 cm³/mol. The number of rotatable bonds is 8. The van der Waals surface area contributed by atoms with Crippen molar-refractivity contribution in [2.24, 2.45) is 0 Å². The van der Waals surface area contributed by atoms with Gasteiger partial charge in [-0.05, 0) is 48.9 Å². The maximum atomic E-state index is 12.2. The molecule has 30 heavy (non-hydrogen) atoms. The van der Waals surface area contributed by atoms with Gasteiger partial charge in [0.05, 0.1) is 6.04 Å². The minimum Gasteiger partial charge on any atom is -0.350 e. The van der Waals surface area contributed by atoms with Crippen molar-refractivity contribution in [3.63, 3.8) is 0 Å². The van der Waals surface area contributed by atoms with Crippen LogP contribution < -0.4 is 16.0 Å². The molecule has 1 unspecified atom stereocenters. The van der Waals surface area contributed by atoms with Crippen molar-refractivity contribution in [1.82, 2.24) is 5.32 Å². The maximum absolute atomic E-state index is 12.2. The Kier molecular flexibility index (Phi) is 7.92. The van der Waals surface area contributed by atoms with Crippen molar-refractivity contribution in [1.29, 1.82) is 0 Å². The van der Waals surface area contributed by atoms with Gasteiger partial charge in [0.25, 0.3) is 0 Å². The largest absolute Gasteiger partial charge is 0.350 e. The zero-order valence-corrected chi connectivity index (χ0v) is 17.6. The SMILES string of the molecule is CC(NC(=O)CCSc1ccccc1)c1ccc(NC(=O)Nc2ccccc2)cc1. The molecular weight excluding hydrogens is 394 g/mol. The van der Waals surface area contributed by atoms with Crippen LogP contribution in [0.1, 0.15) is 24.9 Å². The predicted octanol–water partition coefficient (Wildman–Crippen LogP) is 5.69. The van der Waals surface area contributed by atoms with Gasteiger partial charge in [-0.3, -0.25) is 4.79 Å². The van der Waals surface area contributed by atoms with Crippen molar-refractivity contribution < 1.29 is 9.59 Å². The standard InChI is InChI=1S/C24H25N3O2S/c1-18(25-23(28)16-17-30-22-10-6-3-7-11-22)19-12-14-21(15-13-19)27-24(29)26-20-8-4-2-5-9-20/h2-15,18H,16-17H2,1H3,(H,25,28)(H2,26,27,29). The molecule has 0 aliphatic rings. The second kappa shape index (κ2) is 11.1. The molecule has 0 saturated heterocycles. The molecule has 0 aliphatic heterocycles. The van der Waals surface area contributed by atoms with Crippen molar-refractivity contribution in [3.8, 4) is 0 Å². The minimum atomic E-state index is -0.300. The second-order valence-corrected chi connectivity index (χ2v) is 7.94. The summed E-state index contributed by atoms with van der Waals surface area (Å²) in [5.74, 6) is 0.762. The van der Waals surface area contributed by atoms with Crippen molar-refractivity contribution in [3.05, 3.63) is 90.5 Å². The van der Waals surface area contributed by atoms with E-state index in [9.17, 15) is 9.59 Å². The molecule has 0 radical (unpaired) electrons. The lowest BCUT2D eigenvalue weighted by molar-refractivity contribution is -0.121. The molecule has 0 aliphatic carbocycles. The molecule has 0 fully saturated rings. The van der Waals surface area contributed by atoms with E-state index in [2.05, 4.69) is 16.0 Å². The first-order valence-corrected chi connectivity index (χ1v) is 10.8. The Bertz CT molecular complexity index is 947. The summed E-state index contributed by atoms with van der Waals surface area (Å²) in [6, 6.07) is 26.4. The number of carbonyl (C=O) groups excluding carboxylic acids is 2. The molecular formula is C24H25N3O2S. The summed E-state index contributed by atoms with van der Waals surface area (Å²) in [6.45, 7) is 1.95. The lowest BCUT2D eigenvalue weighted by Gasteiger charge is -2.15. The van der Waals surface area contributed by atoms with E-state index in [0.29, 0.717) is 12.1 Å². The monoisotopic (exact) mass is 419 g/mol. The van der Waals surface area contributed by atoms with E-state index in [4.69, 9.17) is 0 Å². The summed E-state index contributed by atoms with van der Waals surface area (Å²) in [4.78, 5) is 25.4. The van der Waals surface area contributed by atoms with E-state index in [0.717, 1.165) is 21.9 Å². The summed E-state index contributed by atoms with van der Waals surface area (Å²) in [5, 5.41) is 8.60. The molecule has 5 nitrogen and oxygen atoms in total. The number of thioether (sulfide) groups is 1. The summed E-state index contributed by atoms with van der Waals surface area (Å²) < 4.78 is 0. The highest BCUT2D eigenvalue weighted by Crippen LogP contribution is 2.19. The Hall–Kier alpha value is -3.25. The first-order chi connectivity index (χ1) is 14.6. The zero-order valence-electron chi connectivity index (χ0n) is 16.8. The van der Waals surface area contributed by atoms with E-state index < -0.39 is 0 Å². The summed E-state index contributed by atoms with van der Waals surface area (Å²) >= 11 is 1.67. The maximum Gasteiger partial charge on any atom is 0.323 e. The van der Waals surface area contributed by atoms with Gasteiger partial charge in [-0.2, -0.15) is 0 Å².